The number of rotatable bonds is 4. The van der Waals surface area contributed by atoms with Crippen LogP contribution in [-0.2, 0) is 16.1 Å². The Labute approximate surface area is 97.1 Å². The fourth-order valence-corrected chi connectivity index (χ4v) is 0.980. The maximum Gasteiger partial charge on any atom is 0.412 e. The Bertz CT molecular complexity index is 460. The van der Waals surface area contributed by atoms with Crippen molar-refractivity contribution in [1.82, 2.24) is 5.32 Å². The number of benzene rings is 1. The SMILES string of the molecule is C=C(NC(=O)OCc1ccccc1F)C(N)=O. The Morgan fingerprint density at radius 1 is 1.41 bits per heavy atom. The number of amides is 2. The Kier molecular flexibility index (Phi) is 4.21. The Hall–Kier alpha value is -2.37. The normalized spacial score (nSPS) is 9.47. The van der Waals surface area contributed by atoms with Crippen LogP contribution in [0, 0.1) is 5.82 Å². The fourth-order valence-electron chi connectivity index (χ4n) is 0.980. The zero-order valence-corrected chi connectivity index (χ0v) is 8.90. The Morgan fingerprint density at radius 3 is 2.65 bits per heavy atom. The summed E-state index contributed by atoms with van der Waals surface area (Å²) in [4.78, 5) is 21.7. The zero-order chi connectivity index (χ0) is 12.8. The number of carbonyl (C=O) groups excluding carboxylic acids is 2. The first kappa shape index (κ1) is 12.7. The summed E-state index contributed by atoms with van der Waals surface area (Å²) in [6.07, 6.45) is -0.919. The van der Waals surface area contributed by atoms with E-state index in [1.165, 1.54) is 18.2 Å². The highest BCUT2D eigenvalue weighted by atomic mass is 19.1. The average Bonchev–Trinajstić information content (AvgIpc) is 2.27. The van der Waals surface area contributed by atoms with E-state index < -0.39 is 17.8 Å². The number of hydrogen-bond donors (Lipinski definition) is 2. The van der Waals surface area contributed by atoms with Gasteiger partial charge in [-0.1, -0.05) is 24.8 Å². The van der Waals surface area contributed by atoms with E-state index in [4.69, 9.17) is 5.73 Å². The molecule has 0 saturated carbocycles. The van der Waals surface area contributed by atoms with Gasteiger partial charge < -0.3 is 10.5 Å². The van der Waals surface area contributed by atoms with Gasteiger partial charge in [-0.15, -0.1) is 0 Å². The lowest BCUT2D eigenvalue weighted by Crippen LogP contribution is -2.30. The quantitative estimate of drug-likeness (QED) is 0.769. The van der Waals surface area contributed by atoms with Gasteiger partial charge in [0.15, 0.2) is 0 Å². The van der Waals surface area contributed by atoms with E-state index in [1.807, 2.05) is 5.32 Å². The van der Waals surface area contributed by atoms with Gasteiger partial charge >= 0.3 is 6.09 Å². The van der Waals surface area contributed by atoms with Crippen molar-refractivity contribution in [3.05, 3.63) is 47.9 Å². The molecular weight excluding hydrogens is 227 g/mol. The molecule has 0 radical (unpaired) electrons. The van der Waals surface area contributed by atoms with Gasteiger partial charge in [0.1, 0.15) is 18.1 Å². The van der Waals surface area contributed by atoms with Crippen LogP contribution in [-0.4, -0.2) is 12.0 Å². The van der Waals surface area contributed by atoms with E-state index in [2.05, 4.69) is 11.3 Å². The van der Waals surface area contributed by atoms with Crippen LogP contribution in [0.5, 0.6) is 0 Å². The van der Waals surface area contributed by atoms with Gasteiger partial charge in [-0.2, -0.15) is 0 Å². The molecule has 90 valence electrons. The molecule has 0 aliphatic carbocycles. The van der Waals surface area contributed by atoms with Gasteiger partial charge in [0, 0.05) is 5.56 Å². The van der Waals surface area contributed by atoms with E-state index in [-0.39, 0.29) is 17.9 Å². The van der Waals surface area contributed by atoms with Crippen LogP contribution >= 0.6 is 0 Å². The highest BCUT2D eigenvalue weighted by Gasteiger charge is 2.09. The van der Waals surface area contributed by atoms with Crippen LogP contribution in [0.3, 0.4) is 0 Å². The minimum atomic E-state index is -0.919. The largest absolute Gasteiger partial charge is 0.444 e. The molecule has 1 aromatic carbocycles. The summed E-state index contributed by atoms with van der Waals surface area (Å²) in [5.41, 5.74) is 4.79. The second-order valence-corrected chi connectivity index (χ2v) is 3.14. The van der Waals surface area contributed by atoms with E-state index in [0.717, 1.165) is 0 Å². The standard InChI is InChI=1S/C11H11FN2O3/c1-7(10(13)15)14-11(16)17-6-8-4-2-3-5-9(8)12/h2-5H,1,6H2,(H2,13,15)(H,14,16). The molecule has 2 amide bonds. The van der Waals surface area contributed by atoms with Crippen molar-refractivity contribution in [2.24, 2.45) is 5.73 Å². The van der Waals surface area contributed by atoms with E-state index in [9.17, 15) is 14.0 Å². The molecule has 0 unspecified atom stereocenters. The highest BCUT2D eigenvalue weighted by molar-refractivity contribution is 5.94. The van der Waals surface area contributed by atoms with Crippen molar-refractivity contribution in [3.63, 3.8) is 0 Å². The van der Waals surface area contributed by atoms with Crippen molar-refractivity contribution >= 4 is 12.0 Å². The van der Waals surface area contributed by atoms with Gasteiger partial charge in [0.25, 0.3) is 5.91 Å². The van der Waals surface area contributed by atoms with Crippen molar-refractivity contribution in [2.75, 3.05) is 0 Å². The van der Waals surface area contributed by atoms with Crippen LogP contribution in [0.25, 0.3) is 0 Å². The summed E-state index contributed by atoms with van der Waals surface area (Å²) < 4.78 is 17.8. The Morgan fingerprint density at radius 2 is 2.06 bits per heavy atom. The number of halogens is 1. The molecule has 3 N–H and O–H groups in total. The lowest BCUT2D eigenvalue weighted by Gasteiger charge is -2.07. The molecule has 0 atom stereocenters. The van der Waals surface area contributed by atoms with Gasteiger partial charge in [-0.3, -0.25) is 10.1 Å². The van der Waals surface area contributed by atoms with Crippen LogP contribution in [0.1, 0.15) is 5.56 Å². The highest BCUT2D eigenvalue weighted by Crippen LogP contribution is 2.07. The third kappa shape index (κ3) is 3.94. The van der Waals surface area contributed by atoms with Gasteiger partial charge in [-0.05, 0) is 6.07 Å². The molecule has 0 aliphatic heterocycles. The Balaban J connectivity index is 2.47. The van der Waals surface area contributed by atoms with E-state index in [0.29, 0.717) is 0 Å². The minimum absolute atomic E-state index is 0.229. The van der Waals surface area contributed by atoms with Crippen molar-refractivity contribution in [3.8, 4) is 0 Å². The third-order valence-electron chi connectivity index (χ3n) is 1.87. The molecule has 0 spiro atoms. The van der Waals surface area contributed by atoms with Crippen molar-refractivity contribution in [1.29, 1.82) is 0 Å². The second-order valence-electron chi connectivity index (χ2n) is 3.14. The number of primary amides is 1. The monoisotopic (exact) mass is 238 g/mol. The maximum absolute atomic E-state index is 13.1. The number of nitrogens with one attached hydrogen (secondary N) is 1. The first-order valence-corrected chi connectivity index (χ1v) is 4.66. The molecule has 0 fully saturated rings. The zero-order valence-electron chi connectivity index (χ0n) is 8.90. The average molecular weight is 238 g/mol. The number of alkyl carbamates (subject to hydrolysis) is 1. The molecule has 5 nitrogen and oxygen atoms in total. The molecule has 0 aliphatic rings. The molecule has 0 heterocycles. The minimum Gasteiger partial charge on any atom is -0.444 e. The summed E-state index contributed by atoms with van der Waals surface area (Å²) in [5, 5.41) is 2.02. The number of hydrogen-bond acceptors (Lipinski definition) is 3. The lowest BCUT2D eigenvalue weighted by atomic mass is 10.2. The third-order valence-corrected chi connectivity index (χ3v) is 1.87. The number of nitrogens with two attached hydrogens (primary N) is 1. The predicted octanol–water partition coefficient (Wildman–Crippen LogP) is 1.05. The van der Waals surface area contributed by atoms with Crippen molar-refractivity contribution < 1.29 is 18.7 Å². The smallest absolute Gasteiger partial charge is 0.412 e. The number of ether oxygens (including phenoxy) is 1. The second kappa shape index (κ2) is 5.64. The molecule has 0 aromatic heterocycles. The van der Waals surface area contributed by atoms with E-state index >= 15 is 0 Å². The molecule has 17 heavy (non-hydrogen) atoms. The summed E-state index contributed by atoms with van der Waals surface area (Å²) in [5.74, 6) is -1.35. The van der Waals surface area contributed by atoms with Crippen LogP contribution in [0.2, 0.25) is 0 Å². The van der Waals surface area contributed by atoms with E-state index in [1.54, 1.807) is 6.07 Å². The summed E-state index contributed by atoms with van der Waals surface area (Å²) in [7, 11) is 0. The lowest BCUT2D eigenvalue weighted by molar-refractivity contribution is -0.114. The molecule has 6 heteroatoms. The summed E-state index contributed by atoms with van der Waals surface area (Å²) >= 11 is 0. The number of carbonyl (C=O) groups is 2. The maximum atomic E-state index is 13.1. The summed E-state index contributed by atoms with van der Waals surface area (Å²) in [6.45, 7) is 2.96. The molecular formula is C11H11FN2O3. The van der Waals surface area contributed by atoms with Gasteiger partial charge in [-0.25, -0.2) is 9.18 Å². The van der Waals surface area contributed by atoms with Crippen LogP contribution in [0.15, 0.2) is 36.5 Å². The first-order chi connectivity index (χ1) is 8.00. The predicted molar refractivity (Wildman–Crippen MR) is 58.1 cm³/mol. The molecule has 1 aromatic rings. The van der Waals surface area contributed by atoms with Gasteiger partial charge in [0.2, 0.25) is 0 Å². The van der Waals surface area contributed by atoms with Crippen LogP contribution < -0.4 is 11.1 Å². The molecule has 1 rings (SSSR count). The van der Waals surface area contributed by atoms with Gasteiger partial charge in [0.05, 0.1) is 0 Å². The molecule has 0 bridgehead atoms. The van der Waals surface area contributed by atoms with Crippen LogP contribution in [0.4, 0.5) is 9.18 Å². The topological polar surface area (TPSA) is 81.4 Å². The van der Waals surface area contributed by atoms with Crippen molar-refractivity contribution in [2.45, 2.75) is 6.61 Å². The summed E-state index contributed by atoms with van der Waals surface area (Å²) in [6, 6.07) is 5.86. The first-order valence-electron chi connectivity index (χ1n) is 4.66. The fraction of sp³-hybridized carbons (Fsp3) is 0.0909. The molecule has 0 saturated heterocycles.